The Kier molecular flexibility index (Phi) is 4.93. The van der Waals surface area contributed by atoms with Crippen molar-refractivity contribution in [1.82, 2.24) is 4.72 Å². The lowest BCUT2D eigenvalue weighted by atomic mass is 10.1. The molecule has 0 unspecified atom stereocenters. The number of aryl methyl sites for hydroxylation is 1. The van der Waals surface area contributed by atoms with E-state index >= 15 is 0 Å². The van der Waals surface area contributed by atoms with Gasteiger partial charge in [0.25, 0.3) is 0 Å². The summed E-state index contributed by atoms with van der Waals surface area (Å²) in [6.45, 7) is 6.79. The van der Waals surface area contributed by atoms with Crippen molar-refractivity contribution in [3.05, 3.63) is 35.4 Å². The Labute approximate surface area is 120 Å². The SMILES string of the molecule is CC(C)(C)[S@+]([O-])NCCCc1ccc(C2CC2)cc1. The Morgan fingerprint density at radius 1 is 1.21 bits per heavy atom. The summed E-state index contributed by atoms with van der Waals surface area (Å²) in [5, 5.41) is 0. The molecule has 1 aliphatic rings. The predicted octanol–water partition coefficient (Wildman–Crippen LogP) is 3.55. The molecule has 0 radical (unpaired) electrons. The summed E-state index contributed by atoms with van der Waals surface area (Å²) in [5.41, 5.74) is 2.88. The van der Waals surface area contributed by atoms with Crippen LogP contribution < -0.4 is 4.72 Å². The normalized spacial score (nSPS) is 17.5. The van der Waals surface area contributed by atoms with Crippen LogP contribution in [-0.4, -0.2) is 15.8 Å². The molecular weight excluding hydrogens is 254 g/mol. The van der Waals surface area contributed by atoms with Crippen LogP contribution in [0.2, 0.25) is 0 Å². The molecule has 1 N–H and O–H groups in total. The maximum absolute atomic E-state index is 11.8. The Bertz CT molecular complexity index is 392. The van der Waals surface area contributed by atoms with Crippen molar-refractivity contribution in [2.75, 3.05) is 6.54 Å². The standard InChI is InChI=1S/C16H25NOS/c1-16(2,3)19(18)17-12-4-5-13-6-8-14(9-7-13)15-10-11-15/h6-9,15,17H,4-5,10-12H2,1-3H3/t19-/m0/s1. The number of rotatable bonds is 6. The predicted molar refractivity (Wildman–Crippen MR) is 82.6 cm³/mol. The lowest BCUT2D eigenvalue weighted by molar-refractivity contribution is 0.542. The van der Waals surface area contributed by atoms with E-state index in [4.69, 9.17) is 0 Å². The van der Waals surface area contributed by atoms with E-state index in [0.717, 1.165) is 25.3 Å². The Balaban J connectivity index is 1.68. The van der Waals surface area contributed by atoms with Crippen molar-refractivity contribution in [2.24, 2.45) is 0 Å². The molecule has 0 aromatic heterocycles. The van der Waals surface area contributed by atoms with E-state index in [9.17, 15) is 4.55 Å². The topological polar surface area (TPSA) is 35.1 Å². The van der Waals surface area contributed by atoms with Gasteiger partial charge in [-0.05, 0) is 63.5 Å². The molecule has 1 aromatic rings. The lowest BCUT2D eigenvalue weighted by Crippen LogP contribution is -2.39. The monoisotopic (exact) mass is 279 g/mol. The van der Waals surface area contributed by atoms with Gasteiger partial charge in [0.15, 0.2) is 0 Å². The Hall–Kier alpha value is -0.510. The minimum atomic E-state index is -0.947. The minimum absolute atomic E-state index is 0.175. The van der Waals surface area contributed by atoms with E-state index in [1.165, 1.54) is 24.0 Å². The first-order valence-electron chi connectivity index (χ1n) is 7.21. The number of benzene rings is 1. The molecule has 106 valence electrons. The summed E-state index contributed by atoms with van der Waals surface area (Å²) in [6, 6.07) is 9.03. The van der Waals surface area contributed by atoms with Gasteiger partial charge in [-0.2, -0.15) is 0 Å². The highest BCUT2D eigenvalue weighted by molar-refractivity contribution is 7.90. The maximum Gasteiger partial charge on any atom is 0.136 e. The summed E-state index contributed by atoms with van der Waals surface area (Å²) < 4.78 is 14.7. The van der Waals surface area contributed by atoms with E-state index in [0.29, 0.717) is 0 Å². The van der Waals surface area contributed by atoms with Crippen molar-refractivity contribution >= 4 is 11.4 Å². The first kappa shape index (κ1) is 14.9. The molecule has 1 fully saturated rings. The highest BCUT2D eigenvalue weighted by atomic mass is 32.2. The molecule has 0 aliphatic heterocycles. The van der Waals surface area contributed by atoms with Gasteiger partial charge in [0, 0.05) is 17.9 Å². The van der Waals surface area contributed by atoms with E-state index in [2.05, 4.69) is 29.0 Å². The third kappa shape index (κ3) is 4.83. The van der Waals surface area contributed by atoms with Crippen LogP contribution in [0.5, 0.6) is 0 Å². The van der Waals surface area contributed by atoms with E-state index in [-0.39, 0.29) is 4.75 Å². The van der Waals surface area contributed by atoms with Crippen LogP contribution in [0.15, 0.2) is 24.3 Å². The van der Waals surface area contributed by atoms with Crippen LogP contribution in [0.25, 0.3) is 0 Å². The van der Waals surface area contributed by atoms with Crippen LogP contribution in [0, 0.1) is 0 Å². The van der Waals surface area contributed by atoms with Gasteiger partial charge in [0.05, 0.1) is 0 Å². The molecule has 0 bridgehead atoms. The van der Waals surface area contributed by atoms with Crippen LogP contribution >= 0.6 is 0 Å². The second-order valence-corrected chi connectivity index (χ2v) is 8.45. The summed E-state index contributed by atoms with van der Waals surface area (Å²) in [7, 11) is 0. The van der Waals surface area contributed by atoms with Gasteiger partial charge in [-0.1, -0.05) is 24.3 Å². The highest BCUT2D eigenvalue weighted by Crippen LogP contribution is 2.39. The number of nitrogens with one attached hydrogen (secondary N) is 1. The second-order valence-electron chi connectivity index (χ2n) is 6.39. The third-order valence-electron chi connectivity index (χ3n) is 3.46. The zero-order chi connectivity index (χ0) is 13.9. The second kappa shape index (κ2) is 6.29. The van der Waals surface area contributed by atoms with Crippen molar-refractivity contribution in [3.63, 3.8) is 0 Å². The molecule has 0 spiro atoms. The molecule has 1 aromatic carbocycles. The Morgan fingerprint density at radius 3 is 2.37 bits per heavy atom. The Morgan fingerprint density at radius 2 is 1.84 bits per heavy atom. The molecular formula is C16H25NOS. The van der Waals surface area contributed by atoms with Gasteiger partial charge in [0.2, 0.25) is 0 Å². The zero-order valence-electron chi connectivity index (χ0n) is 12.2. The highest BCUT2D eigenvalue weighted by Gasteiger charge is 2.25. The average Bonchev–Trinajstić information content (AvgIpc) is 3.18. The van der Waals surface area contributed by atoms with Gasteiger partial charge in [-0.3, -0.25) is 0 Å². The molecule has 19 heavy (non-hydrogen) atoms. The quantitative estimate of drug-likeness (QED) is 0.638. The van der Waals surface area contributed by atoms with Crippen LogP contribution in [-0.2, 0) is 17.8 Å². The molecule has 1 saturated carbocycles. The molecule has 2 rings (SSSR count). The number of hydrogen-bond acceptors (Lipinski definition) is 2. The molecule has 1 aliphatic carbocycles. The van der Waals surface area contributed by atoms with Crippen LogP contribution in [0.4, 0.5) is 0 Å². The summed E-state index contributed by atoms with van der Waals surface area (Å²) in [5.74, 6) is 0.838. The van der Waals surface area contributed by atoms with E-state index < -0.39 is 11.4 Å². The van der Waals surface area contributed by atoms with Gasteiger partial charge in [-0.25, -0.2) is 0 Å². The molecule has 0 amide bonds. The fourth-order valence-electron chi connectivity index (χ4n) is 2.05. The maximum atomic E-state index is 11.8. The van der Waals surface area contributed by atoms with Gasteiger partial charge in [-0.15, -0.1) is 4.72 Å². The van der Waals surface area contributed by atoms with Crippen molar-refractivity contribution in [2.45, 2.75) is 57.1 Å². The molecule has 0 heterocycles. The molecule has 0 saturated heterocycles. The fraction of sp³-hybridized carbons (Fsp3) is 0.625. The molecule has 3 heteroatoms. The summed E-state index contributed by atoms with van der Waals surface area (Å²) in [4.78, 5) is 0. The summed E-state index contributed by atoms with van der Waals surface area (Å²) >= 11 is -0.947. The largest absolute Gasteiger partial charge is 0.598 e. The smallest absolute Gasteiger partial charge is 0.136 e. The van der Waals surface area contributed by atoms with Gasteiger partial charge in [0.1, 0.15) is 4.75 Å². The van der Waals surface area contributed by atoms with Crippen molar-refractivity contribution in [1.29, 1.82) is 0 Å². The van der Waals surface area contributed by atoms with Gasteiger partial charge < -0.3 is 4.55 Å². The fourth-order valence-corrected chi connectivity index (χ4v) is 2.81. The first-order chi connectivity index (χ1) is 8.97. The van der Waals surface area contributed by atoms with E-state index in [1.807, 2.05) is 20.8 Å². The first-order valence-corrected chi connectivity index (χ1v) is 8.36. The van der Waals surface area contributed by atoms with Crippen LogP contribution in [0.3, 0.4) is 0 Å². The lowest BCUT2D eigenvalue weighted by Gasteiger charge is -2.23. The van der Waals surface area contributed by atoms with E-state index in [1.54, 1.807) is 0 Å². The summed E-state index contributed by atoms with van der Waals surface area (Å²) in [6.07, 6.45) is 4.81. The molecule has 2 nitrogen and oxygen atoms in total. The van der Waals surface area contributed by atoms with Gasteiger partial charge >= 0.3 is 0 Å². The third-order valence-corrected chi connectivity index (χ3v) is 5.04. The minimum Gasteiger partial charge on any atom is -0.598 e. The van der Waals surface area contributed by atoms with Crippen molar-refractivity contribution < 1.29 is 4.55 Å². The average molecular weight is 279 g/mol. The zero-order valence-corrected chi connectivity index (χ0v) is 13.1. The molecule has 1 atom stereocenters. The van der Waals surface area contributed by atoms with Crippen molar-refractivity contribution in [3.8, 4) is 0 Å². The van der Waals surface area contributed by atoms with Crippen LogP contribution in [0.1, 0.15) is 57.1 Å². The number of hydrogen-bond donors (Lipinski definition) is 1.